The fourth-order valence-electron chi connectivity index (χ4n) is 3.19. The maximum absolute atomic E-state index is 12.6. The van der Waals surface area contributed by atoms with E-state index in [0.717, 1.165) is 34.8 Å². The minimum absolute atomic E-state index is 0.136. The summed E-state index contributed by atoms with van der Waals surface area (Å²) in [5.41, 5.74) is 1.54. The molecule has 114 valence electrons. The number of piperidine rings is 1. The summed E-state index contributed by atoms with van der Waals surface area (Å²) in [4.78, 5) is 14.6. The van der Waals surface area contributed by atoms with Crippen LogP contribution in [0.4, 0.5) is 0 Å². The second-order valence-electron chi connectivity index (χ2n) is 5.88. The number of rotatable bonds is 2. The van der Waals surface area contributed by atoms with Gasteiger partial charge in [-0.25, -0.2) is 0 Å². The van der Waals surface area contributed by atoms with Crippen LogP contribution in [0.15, 0.2) is 28.9 Å². The molecule has 0 saturated carbocycles. The molecule has 0 N–H and O–H groups in total. The third-order valence-electron chi connectivity index (χ3n) is 4.39. The van der Waals surface area contributed by atoms with Gasteiger partial charge in [0, 0.05) is 34.2 Å². The third-order valence-corrected chi connectivity index (χ3v) is 4.89. The summed E-state index contributed by atoms with van der Waals surface area (Å²) in [7, 11) is 0. The van der Waals surface area contributed by atoms with E-state index in [1.165, 1.54) is 6.42 Å². The lowest BCUT2D eigenvalue weighted by Crippen LogP contribution is -2.43. The summed E-state index contributed by atoms with van der Waals surface area (Å²) in [6.07, 6.45) is 5.14. The Labute approximate surface area is 138 Å². The molecule has 5 heteroatoms. The Morgan fingerprint density at radius 1 is 1.45 bits per heavy atom. The third kappa shape index (κ3) is 2.76. The van der Waals surface area contributed by atoms with Gasteiger partial charge in [-0.3, -0.25) is 4.79 Å². The van der Waals surface area contributed by atoms with Gasteiger partial charge in [0.05, 0.1) is 5.56 Å². The van der Waals surface area contributed by atoms with Crippen LogP contribution in [-0.4, -0.2) is 28.0 Å². The molecule has 4 nitrogen and oxygen atoms in total. The van der Waals surface area contributed by atoms with Crippen LogP contribution in [0.5, 0.6) is 0 Å². The number of halogens is 1. The molecular weight excluding hydrogens is 342 g/mol. The molecule has 1 aliphatic rings. The lowest BCUT2D eigenvalue weighted by molar-refractivity contribution is -0.135. The zero-order chi connectivity index (χ0) is 15.7. The number of nitriles is 1. The zero-order valence-corrected chi connectivity index (χ0v) is 14.1. The Morgan fingerprint density at radius 2 is 2.27 bits per heavy atom. The van der Waals surface area contributed by atoms with Crippen molar-refractivity contribution in [1.29, 1.82) is 5.26 Å². The first-order valence-corrected chi connectivity index (χ1v) is 8.37. The van der Waals surface area contributed by atoms with Crippen LogP contribution in [-0.2, 0) is 11.3 Å². The van der Waals surface area contributed by atoms with E-state index in [-0.39, 0.29) is 5.91 Å². The number of benzene rings is 1. The van der Waals surface area contributed by atoms with E-state index < -0.39 is 0 Å². The molecular formula is C17H18BrN3O. The molecule has 0 aliphatic carbocycles. The largest absolute Gasteiger partial charge is 0.338 e. The van der Waals surface area contributed by atoms with Gasteiger partial charge in [0.25, 0.3) is 0 Å². The van der Waals surface area contributed by atoms with E-state index in [2.05, 4.69) is 28.9 Å². The number of carbonyl (C=O) groups is 1. The molecule has 1 atom stereocenters. The first-order valence-electron chi connectivity index (χ1n) is 7.58. The molecule has 1 aromatic carbocycles. The van der Waals surface area contributed by atoms with Crippen molar-refractivity contribution >= 4 is 32.7 Å². The highest BCUT2D eigenvalue weighted by Gasteiger charge is 2.23. The van der Waals surface area contributed by atoms with Crippen molar-refractivity contribution in [3.05, 3.63) is 34.4 Å². The van der Waals surface area contributed by atoms with Crippen molar-refractivity contribution in [2.45, 2.75) is 38.8 Å². The molecule has 0 radical (unpaired) electrons. The van der Waals surface area contributed by atoms with Gasteiger partial charge >= 0.3 is 0 Å². The highest BCUT2D eigenvalue weighted by atomic mass is 79.9. The number of fused-ring (bicyclic) bond motifs is 1. The number of nitrogens with zero attached hydrogens (tertiary/aromatic N) is 3. The van der Waals surface area contributed by atoms with Gasteiger partial charge in [-0.15, -0.1) is 0 Å². The zero-order valence-electron chi connectivity index (χ0n) is 12.6. The average Bonchev–Trinajstić information content (AvgIpc) is 2.84. The van der Waals surface area contributed by atoms with Gasteiger partial charge < -0.3 is 9.47 Å². The Bertz CT molecular complexity index is 759. The number of aromatic nitrogens is 1. The first kappa shape index (κ1) is 15.1. The molecule has 0 unspecified atom stereocenters. The van der Waals surface area contributed by atoms with Gasteiger partial charge in [0.15, 0.2) is 0 Å². The second kappa shape index (κ2) is 6.13. The quantitative estimate of drug-likeness (QED) is 0.820. The topological polar surface area (TPSA) is 49.0 Å². The van der Waals surface area contributed by atoms with E-state index in [1.807, 2.05) is 27.7 Å². The van der Waals surface area contributed by atoms with Crippen LogP contribution < -0.4 is 0 Å². The molecule has 1 aromatic heterocycles. The van der Waals surface area contributed by atoms with Gasteiger partial charge in [-0.2, -0.15) is 5.26 Å². The molecule has 2 heterocycles. The highest BCUT2D eigenvalue weighted by Crippen LogP contribution is 2.25. The van der Waals surface area contributed by atoms with E-state index >= 15 is 0 Å². The number of hydrogen-bond donors (Lipinski definition) is 0. The van der Waals surface area contributed by atoms with Crippen molar-refractivity contribution in [2.75, 3.05) is 6.54 Å². The van der Waals surface area contributed by atoms with Gasteiger partial charge in [0.2, 0.25) is 5.91 Å². The van der Waals surface area contributed by atoms with Gasteiger partial charge in [0.1, 0.15) is 12.6 Å². The van der Waals surface area contributed by atoms with Gasteiger partial charge in [-0.05, 0) is 44.4 Å². The number of likely N-dealkylation sites (tertiary alicyclic amines) is 1. The fourth-order valence-corrected chi connectivity index (χ4v) is 3.56. The van der Waals surface area contributed by atoms with E-state index in [1.54, 1.807) is 6.20 Å². The van der Waals surface area contributed by atoms with Crippen LogP contribution in [0.2, 0.25) is 0 Å². The second-order valence-corrected chi connectivity index (χ2v) is 6.79. The maximum Gasteiger partial charge on any atom is 0.242 e. The SMILES string of the molecule is C[C@@H]1CCCCN1C(=O)Cn1cc(C#N)c2cc(Br)ccc21. The van der Waals surface area contributed by atoms with Gasteiger partial charge in [-0.1, -0.05) is 15.9 Å². The summed E-state index contributed by atoms with van der Waals surface area (Å²) < 4.78 is 2.83. The molecule has 2 aromatic rings. The first-order chi connectivity index (χ1) is 10.6. The van der Waals surface area contributed by atoms with Crippen molar-refractivity contribution < 1.29 is 4.79 Å². The summed E-state index contributed by atoms with van der Waals surface area (Å²) in [5.74, 6) is 0.136. The summed E-state index contributed by atoms with van der Waals surface area (Å²) >= 11 is 3.43. The number of carbonyl (C=O) groups excluding carboxylic acids is 1. The van der Waals surface area contributed by atoms with Crippen LogP contribution >= 0.6 is 15.9 Å². The molecule has 22 heavy (non-hydrogen) atoms. The van der Waals surface area contributed by atoms with E-state index in [4.69, 9.17) is 0 Å². The maximum atomic E-state index is 12.6. The number of hydrogen-bond acceptors (Lipinski definition) is 2. The standard InChI is InChI=1S/C17H18BrN3O/c1-12-4-2-3-7-21(12)17(22)11-20-10-13(9-19)15-8-14(18)5-6-16(15)20/h5-6,8,10,12H,2-4,7,11H2,1H3/t12-/m1/s1. The normalized spacial score (nSPS) is 18.4. The van der Waals surface area contributed by atoms with E-state index in [9.17, 15) is 10.1 Å². The van der Waals surface area contributed by atoms with Crippen LogP contribution in [0, 0.1) is 11.3 Å². The summed E-state index contributed by atoms with van der Waals surface area (Å²) in [6.45, 7) is 3.25. The highest BCUT2D eigenvalue weighted by molar-refractivity contribution is 9.10. The molecule has 1 aliphatic heterocycles. The monoisotopic (exact) mass is 359 g/mol. The van der Waals surface area contributed by atoms with Crippen molar-refractivity contribution in [3.8, 4) is 6.07 Å². The molecule has 1 fully saturated rings. The minimum Gasteiger partial charge on any atom is -0.338 e. The fraction of sp³-hybridized carbons (Fsp3) is 0.412. The van der Waals surface area contributed by atoms with Crippen molar-refractivity contribution in [1.82, 2.24) is 9.47 Å². The van der Waals surface area contributed by atoms with E-state index in [0.29, 0.717) is 18.2 Å². The predicted molar refractivity (Wildman–Crippen MR) is 89.4 cm³/mol. The minimum atomic E-state index is 0.136. The predicted octanol–water partition coefficient (Wildman–Crippen LogP) is 3.68. The summed E-state index contributed by atoms with van der Waals surface area (Å²) in [6, 6.07) is 8.34. The lowest BCUT2D eigenvalue weighted by atomic mass is 10.0. The molecule has 0 bridgehead atoms. The smallest absolute Gasteiger partial charge is 0.242 e. The molecule has 1 amide bonds. The lowest BCUT2D eigenvalue weighted by Gasteiger charge is -2.33. The molecule has 3 rings (SSSR count). The Hall–Kier alpha value is -1.80. The average molecular weight is 360 g/mol. The Morgan fingerprint density at radius 3 is 3.00 bits per heavy atom. The number of amides is 1. The van der Waals surface area contributed by atoms with Crippen molar-refractivity contribution in [3.63, 3.8) is 0 Å². The van der Waals surface area contributed by atoms with Crippen LogP contribution in [0.3, 0.4) is 0 Å². The Kier molecular flexibility index (Phi) is 4.21. The van der Waals surface area contributed by atoms with Crippen LogP contribution in [0.25, 0.3) is 10.9 Å². The molecule has 1 saturated heterocycles. The Balaban J connectivity index is 1.91. The van der Waals surface area contributed by atoms with Crippen molar-refractivity contribution in [2.24, 2.45) is 0 Å². The van der Waals surface area contributed by atoms with Crippen LogP contribution in [0.1, 0.15) is 31.7 Å². The summed E-state index contributed by atoms with van der Waals surface area (Å²) in [5, 5.41) is 10.2. The molecule has 0 spiro atoms.